The molecule has 2 fully saturated rings. The van der Waals surface area contributed by atoms with Crippen LogP contribution < -0.4 is 10.6 Å². The summed E-state index contributed by atoms with van der Waals surface area (Å²) >= 11 is 0. The van der Waals surface area contributed by atoms with E-state index >= 15 is 0 Å². The fourth-order valence-electron chi connectivity index (χ4n) is 3.78. The van der Waals surface area contributed by atoms with E-state index in [0.29, 0.717) is 13.0 Å². The van der Waals surface area contributed by atoms with E-state index in [4.69, 9.17) is 0 Å². The third kappa shape index (κ3) is 5.72. The standard InChI is InChI=1S/C20H31N3O2/c1-15(24)13-17(16-5-3-2-4-6-16)14-21-20(25)22-18-9-11-23(12-10-18)19-7-8-19/h2-6,15,17-19,24H,7-14H2,1H3,(H2,21,22,25). The van der Waals surface area contributed by atoms with Gasteiger partial charge in [-0.2, -0.15) is 0 Å². The van der Waals surface area contributed by atoms with E-state index in [0.717, 1.165) is 37.5 Å². The maximum absolute atomic E-state index is 12.3. The molecule has 25 heavy (non-hydrogen) atoms. The number of nitrogens with one attached hydrogen (secondary N) is 2. The lowest BCUT2D eigenvalue weighted by Crippen LogP contribution is -2.48. The van der Waals surface area contributed by atoms with Gasteiger partial charge in [-0.3, -0.25) is 0 Å². The Morgan fingerprint density at radius 1 is 1.20 bits per heavy atom. The number of rotatable bonds is 7. The number of aliphatic hydroxyl groups excluding tert-OH is 1. The zero-order chi connectivity index (χ0) is 17.6. The van der Waals surface area contributed by atoms with Crippen LogP contribution in [0.25, 0.3) is 0 Å². The lowest BCUT2D eigenvalue weighted by atomic mass is 9.93. The van der Waals surface area contributed by atoms with Crippen LogP contribution in [0.5, 0.6) is 0 Å². The summed E-state index contributed by atoms with van der Waals surface area (Å²) in [6.45, 7) is 4.54. The number of aliphatic hydroxyl groups is 1. The van der Waals surface area contributed by atoms with Gasteiger partial charge in [-0.05, 0) is 44.6 Å². The lowest BCUT2D eigenvalue weighted by molar-refractivity contribution is 0.171. The van der Waals surface area contributed by atoms with Crippen molar-refractivity contribution in [3.63, 3.8) is 0 Å². The van der Waals surface area contributed by atoms with E-state index in [-0.39, 0.29) is 24.1 Å². The second kappa shape index (κ2) is 8.68. The van der Waals surface area contributed by atoms with E-state index in [1.807, 2.05) is 18.2 Å². The van der Waals surface area contributed by atoms with Crippen molar-refractivity contribution in [3.05, 3.63) is 35.9 Å². The Kier molecular flexibility index (Phi) is 6.32. The van der Waals surface area contributed by atoms with Crippen LogP contribution in [0.4, 0.5) is 4.79 Å². The fourth-order valence-corrected chi connectivity index (χ4v) is 3.78. The summed E-state index contributed by atoms with van der Waals surface area (Å²) in [5.74, 6) is 0.128. The smallest absolute Gasteiger partial charge is 0.315 e. The summed E-state index contributed by atoms with van der Waals surface area (Å²) in [6, 6.07) is 11.1. The third-order valence-corrected chi connectivity index (χ3v) is 5.33. The van der Waals surface area contributed by atoms with Crippen molar-refractivity contribution in [2.24, 2.45) is 0 Å². The van der Waals surface area contributed by atoms with Crippen molar-refractivity contribution in [2.45, 2.75) is 63.1 Å². The summed E-state index contributed by atoms with van der Waals surface area (Å²) < 4.78 is 0. The van der Waals surface area contributed by atoms with Crippen molar-refractivity contribution >= 4 is 6.03 Å². The van der Waals surface area contributed by atoms with Crippen LogP contribution in [0.15, 0.2) is 30.3 Å². The zero-order valence-electron chi connectivity index (χ0n) is 15.2. The van der Waals surface area contributed by atoms with Gasteiger partial charge in [0.2, 0.25) is 0 Å². The molecule has 0 spiro atoms. The van der Waals surface area contributed by atoms with Gasteiger partial charge in [-0.1, -0.05) is 30.3 Å². The molecule has 5 nitrogen and oxygen atoms in total. The molecule has 2 amide bonds. The molecule has 1 saturated heterocycles. The second-order valence-electron chi connectivity index (χ2n) is 7.59. The number of amides is 2. The summed E-state index contributed by atoms with van der Waals surface area (Å²) in [7, 11) is 0. The number of hydrogen-bond donors (Lipinski definition) is 3. The second-order valence-corrected chi connectivity index (χ2v) is 7.59. The third-order valence-electron chi connectivity index (χ3n) is 5.33. The Labute approximate surface area is 150 Å². The number of benzene rings is 1. The molecular formula is C20H31N3O2. The van der Waals surface area contributed by atoms with Crippen LogP contribution in [-0.4, -0.2) is 53.9 Å². The molecule has 1 heterocycles. The highest BCUT2D eigenvalue weighted by Gasteiger charge is 2.32. The van der Waals surface area contributed by atoms with Crippen LogP contribution in [0, 0.1) is 0 Å². The molecule has 1 aliphatic heterocycles. The van der Waals surface area contributed by atoms with Gasteiger partial charge < -0.3 is 20.6 Å². The molecule has 1 saturated carbocycles. The first-order chi connectivity index (χ1) is 12.1. The monoisotopic (exact) mass is 345 g/mol. The molecule has 3 N–H and O–H groups in total. The number of nitrogens with zero attached hydrogens (tertiary/aromatic N) is 1. The molecule has 0 aromatic heterocycles. The van der Waals surface area contributed by atoms with Gasteiger partial charge >= 0.3 is 6.03 Å². The van der Waals surface area contributed by atoms with E-state index in [2.05, 4.69) is 27.7 Å². The van der Waals surface area contributed by atoms with E-state index < -0.39 is 0 Å². The van der Waals surface area contributed by atoms with E-state index in [1.165, 1.54) is 12.8 Å². The number of carbonyl (C=O) groups is 1. The van der Waals surface area contributed by atoms with Crippen molar-refractivity contribution in [1.29, 1.82) is 0 Å². The van der Waals surface area contributed by atoms with Crippen LogP contribution in [0.2, 0.25) is 0 Å². The van der Waals surface area contributed by atoms with Gasteiger partial charge in [0.15, 0.2) is 0 Å². The van der Waals surface area contributed by atoms with Gasteiger partial charge in [0.1, 0.15) is 0 Å². The van der Waals surface area contributed by atoms with Crippen LogP contribution in [0.1, 0.15) is 50.5 Å². The molecule has 1 aromatic rings. The highest BCUT2D eigenvalue weighted by Crippen LogP contribution is 2.29. The van der Waals surface area contributed by atoms with Gasteiger partial charge in [0.25, 0.3) is 0 Å². The average Bonchev–Trinajstić information content (AvgIpc) is 3.45. The normalized spacial score (nSPS) is 21.5. The van der Waals surface area contributed by atoms with E-state index in [9.17, 15) is 9.90 Å². The molecule has 2 atom stereocenters. The topological polar surface area (TPSA) is 64.6 Å². The van der Waals surface area contributed by atoms with Crippen molar-refractivity contribution < 1.29 is 9.90 Å². The average molecular weight is 345 g/mol. The summed E-state index contributed by atoms with van der Waals surface area (Å²) in [5.41, 5.74) is 1.15. The first kappa shape index (κ1) is 18.2. The number of urea groups is 1. The first-order valence-electron chi connectivity index (χ1n) is 9.63. The minimum atomic E-state index is -0.387. The molecular weight excluding hydrogens is 314 g/mol. The minimum Gasteiger partial charge on any atom is -0.393 e. The van der Waals surface area contributed by atoms with Crippen LogP contribution in [0.3, 0.4) is 0 Å². The quantitative estimate of drug-likeness (QED) is 0.711. The van der Waals surface area contributed by atoms with Gasteiger partial charge in [0.05, 0.1) is 6.10 Å². The summed E-state index contributed by atoms with van der Waals surface area (Å²) in [4.78, 5) is 14.8. The summed E-state index contributed by atoms with van der Waals surface area (Å²) in [6.07, 6.45) is 5.04. The SMILES string of the molecule is CC(O)CC(CNC(=O)NC1CCN(C2CC2)CC1)c1ccccc1. The van der Waals surface area contributed by atoms with Crippen LogP contribution in [-0.2, 0) is 0 Å². The van der Waals surface area contributed by atoms with Crippen LogP contribution >= 0.6 is 0 Å². The van der Waals surface area contributed by atoms with Gasteiger partial charge in [-0.15, -0.1) is 0 Å². The predicted molar refractivity (Wildman–Crippen MR) is 99.6 cm³/mol. The molecule has 3 rings (SSSR count). The maximum Gasteiger partial charge on any atom is 0.315 e. The molecule has 1 aromatic carbocycles. The predicted octanol–water partition coefficient (Wildman–Crippen LogP) is 2.47. The fraction of sp³-hybridized carbons (Fsp3) is 0.650. The minimum absolute atomic E-state index is 0.0867. The molecule has 5 heteroatoms. The van der Waals surface area contributed by atoms with Crippen molar-refractivity contribution in [3.8, 4) is 0 Å². The number of hydrogen-bond acceptors (Lipinski definition) is 3. The Hall–Kier alpha value is -1.59. The molecule has 138 valence electrons. The Balaban J connectivity index is 1.43. The van der Waals surface area contributed by atoms with Gasteiger partial charge in [-0.25, -0.2) is 4.79 Å². The summed E-state index contributed by atoms with van der Waals surface area (Å²) in [5, 5.41) is 15.9. The zero-order valence-corrected chi connectivity index (χ0v) is 15.2. The molecule has 0 bridgehead atoms. The lowest BCUT2D eigenvalue weighted by Gasteiger charge is -2.32. The maximum atomic E-state index is 12.3. The van der Waals surface area contributed by atoms with Gasteiger partial charge in [0, 0.05) is 37.6 Å². The Bertz CT molecular complexity index is 537. The Morgan fingerprint density at radius 3 is 2.48 bits per heavy atom. The van der Waals surface area contributed by atoms with E-state index in [1.54, 1.807) is 6.92 Å². The molecule has 2 unspecified atom stereocenters. The molecule has 2 aliphatic rings. The molecule has 1 aliphatic carbocycles. The number of likely N-dealkylation sites (tertiary alicyclic amines) is 1. The molecule has 0 radical (unpaired) electrons. The highest BCUT2D eigenvalue weighted by atomic mass is 16.3. The Morgan fingerprint density at radius 2 is 1.88 bits per heavy atom. The van der Waals surface area contributed by atoms with Crippen molar-refractivity contribution in [1.82, 2.24) is 15.5 Å². The largest absolute Gasteiger partial charge is 0.393 e. The first-order valence-corrected chi connectivity index (χ1v) is 9.63. The number of piperidine rings is 1. The van der Waals surface area contributed by atoms with Crippen molar-refractivity contribution in [2.75, 3.05) is 19.6 Å². The number of carbonyl (C=O) groups excluding carboxylic acids is 1. The highest BCUT2D eigenvalue weighted by molar-refractivity contribution is 5.74.